The molecule has 9 nitrogen and oxygen atoms in total. The van der Waals surface area contributed by atoms with Crippen molar-refractivity contribution in [3.05, 3.63) is 16.3 Å². The van der Waals surface area contributed by atoms with E-state index in [9.17, 15) is 10.1 Å². The number of anilines is 2. The molecule has 0 radical (unpaired) electrons. The van der Waals surface area contributed by atoms with Crippen LogP contribution in [0.15, 0.2) is 6.20 Å². The van der Waals surface area contributed by atoms with Gasteiger partial charge in [-0.3, -0.25) is 10.1 Å². The lowest BCUT2D eigenvalue weighted by molar-refractivity contribution is -0.384. The van der Waals surface area contributed by atoms with Crippen LogP contribution in [-0.2, 0) is 9.47 Å². The number of nitrogens with one attached hydrogen (secondary N) is 2. The molecule has 9 heteroatoms. The summed E-state index contributed by atoms with van der Waals surface area (Å²) in [6.45, 7) is 1.80. The third kappa shape index (κ3) is 5.02. The van der Waals surface area contributed by atoms with Crippen LogP contribution in [0.1, 0.15) is 0 Å². The molecule has 106 valence electrons. The van der Waals surface area contributed by atoms with Gasteiger partial charge in [-0.15, -0.1) is 0 Å². The van der Waals surface area contributed by atoms with Crippen molar-refractivity contribution in [1.29, 1.82) is 0 Å². The fourth-order valence-corrected chi connectivity index (χ4v) is 1.25. The van der Waals surface area contributed by atoms with Crippen LogP contribution in [0, 0.1) is 10.1 Å². The second-order valence-corrected chi connectivity index (χ2v) is 3.47. The van der Waals surface area contributed by atoms with Gasteiger partial charge in [-0.1, -0.05) is 0 Å². The molecule has 0 aromatic carbocycles. The minimum atomic E-state index is -0.534. The zero-order valence-electron chi connectivity index (χ0n) is 10.9. The van der Waals surface area contributed by atoms with Gasteiger partial charge in [-0.25, -0.2) is 4.98 Å². The van der Waals surface area contributed by atoms with E-state index in [2.05, 4.69) is 20.6 Å². The van der Waals surface area contributed by atoms with E-state index in [4.69, 9.17) is 9.47 Å². The summed E-state index contributed by atoms with van der Waals surface area (Å²) in [6.07, 6.45) is 1.16. The quantitative estimate of drug-likeness (QED) is 0.379. The van der Waals surface area contributed by atoms with Gasteiger partial charge in [-0.2, -0.15) is 4.98 Å². The van der Waals surface area contributed by atoms with E-state index in [0.717, 1.165) is 6.20 Å². The van der Waals surface area contributed by atoms with Crippen LogP contribution >= 0.6 is 0 Å². The molecular formula is C10H17N5O4. The third-order valence-corrected chi connectivity index (χ3v) is 2.16. The molecule has 1 rings (SSSR count). The molecule has 19 heavy (non-hydrogen) atoms. The SMILES string of the molecule is CNc1ncc([N+](=O)[O-])c(NCCOCCOC)n1. The summed E-state index contributed by atoms with van der Waals surface area (Å²) in [6, 6.07) is 0. The predicted octanol–water partition coefficient (Wildman–Crippen LogP) is 0.501. The molecule has 0 atom stereocenters. The summed E-state index contributed by atoms with van der Waals surface area (Å²) in [5, 5.41) is 16.4. The number of methoxy groups -OCH3 is 1. The van der Waals surface area contributed by atoms with Crippen molar-refractivity contribution in [3.8, 4) is 0 Å². The largest absolute Gasteiger partial charge is 0.382 e. The van der Waals surface area contributed by atoms with Gasteiger partial charge < -0.3 is 20.1 Å². The Morgan fingerprint density at radius 2 is 2.21 bits per heavy atom. The molecule has 1 aromatic rings. The molecule has 0 aliphatic rings. The van der Waals surface area contributed by atoms with Gasteiger partial charge in [0.2, 0.25) is 11.8 Å². The van der Waals surface area contributed by atoms with Crippen molar-refractivity contribution in [2.45, 2.75) is 0 Å². The fraction of sp³-hybridized carbons (Fsp3) is 0.600. The zero-order chi connectivity index (χ0) is 14.1. The highest BCUT2D eigenvalue weighted by Crippen LogP contribution is 2.21. The van der Waals surface area contributed by atoms with Gasteiger partial charge in [-0.05, 0) is 0 Å². The minimum Gasteiger partial charge on any atom is -0.382 e. The average Bonchev–Trinajstić information content (AvgIpc) is 2.42. The monoisotopic (exact) mass is 271 g/mol. The van der Waals surface area contributed by atoms with E-state index in [1.807, 2.05) is 0 Å². The molecule has 1 aromatic heterocycles. The van der Waals surface area contributed by atoms with Gasteiger partial charge in [0.15, 0.2) is 0 Å². The highest BCUT2D eigenvalue weighted by molar-refractivity contribution is 5.56. The highest BCUT2D eigenvalue weighted by Gasteiger charge is 2.16. The van der Waals surface area contributed by atoms with Crippen LogP contribution in [-0.4, -0.2) is 55.4 Å². The normalized spacial score (nSPS) is 10.2. The molecule has 0 spiro atoms. The van der Waals surface area contributed by atoms with E-state index in [1.54, 1.807) is 14.2 Å². The average molecular weight is 271 g/mol. The minimum absolute atomic E-state index is 0.166. The standard InChI is InChI=1S/C10H17N5O4/c1-11-10-13-7-8(15(16)17)9(14-10)12-3-4-19-6-5-18-2/h7H,3-6H2,1-2H3,(H2,11,12,13,14). The summed E-state index contributed by atoms with van der Waals surface area (Å²) in [5.41, 5.74) is -0.170. The summed E-state index contributed by atoms with van der Waals surface area (Å²) < 4.78 is 10.1. The van der Waals surface area contributed by atoms with Gasteiger partial charge in [0.05, 0.1) is 24.7 Å². The predicted molar refractivity (Wildman–Crippen MR) is 69.4 cm³/mol. The fourth-order valence-electron chi connectivity index (χ4n) is 1.25. The first-order valence-corrected chi connectivity index (χ1v) is 5.68. The van der Waals surface area contributed by atoms with E-state index >= 15 is 0 Å². The molecule has 0 aliphatic carbocycles. The summed E-state index contributed by atoms with van der Waals surface area (Å²) >= 11 is 0. The van der Waals surface area contributed by atoms with Crippen molar-refractivity contribution in [3.63, 3.8) is 0 Å². The Morgan fingerprint density at radius 1 is 1.42 bits per heavy atom. The molecular weight excluding hydrogens is 254 g/mol. The molecule has 0 amide bonds. The van der Waals surface area contributed by atoms with Crippen molar-refractivity contribution < 1.29 is 14.4 Å². The van der Waals surface area contributed by atoms with Gasteiger partial charge in [0, 0.05) is 20.7 Å². The number of aromatic nitrogens is 2. The molecule has 0 unspecified atom stereocenters. The number of nitrogens with zero attached hydrogens (tertiary/aromatic N) is 3. The Hall–Kier alpha value is -2.00. The van der Waals surface area contributed by atoms with Crippen molar-refractivity contribution >= 4 is 17.5 Å². The van der Waals surface area contributed by atoms with Crippen molar-refractivity contribution in [2.24, 2.45) is 0 Å². The molecule has 0 saturated heterocycles. The van der Waals surface area contributed by atoms with Crippen LogP contribution in [0.2, 0.25) is 0 Å². The second-order valence-electron chi connectivity index (χ2n) is 3.47. The maximum atomic E-state index is 10.8. The highest BCUT2D eigenvalue weighted by atomic mass is 16.6. The van der Waals surface area contributed by atoms with E-state index in [1.165, 1.54) is 0 Å². The Bertz CT molecular complexity index is 415. The maximum Gasteiger partial charge on any atom is 0.329 e. The molecule has 0 aliphatic heterocycles. The Morgan fingerprint density at radius 3 is 2.84 bits per heavy atom. The first kappa shape index (κ1) is 15.1. The molecule has 2 N–H and O–H groups in total. The van der Waals surface area contributed by atoms with Crippen LogP contribution in [0.25, 0.3) is 0 Å². The van der Waals surface area contributed by atoms with Crippen LogP contribution < -0.4 is 10.6 Å². The molecule has 0 saturated carbocycles. The summed E-state index contributed by atoms with van der Waals surface area (Å²) in [7, 11) is 3.23. The lowest BCUT2D eigenvalue weighted by Gasteiger charge is -2.07. The Balaban J connectivity index is 2.52. The number of rotatable bonds is 9. The third-order valence-electron chi connectivity index (χ3n) is 2.16. The van der Waals surface area contributed by atoms with Gasteiger partial charge in [0.1, 0.15) is 6.20 Å². The molecule has 0 bridgehead atoms. The van der Waals surface area contributed by atoms with Gasteiger partial charge in [0.25, 0.3) is 0 Å². The number of ether oxygens (including phenoxy) is 2. The van der Waals surface area contributed by atoms with Crippen LogP contribution in [0.4, 0.5) is 17.5 Å². The van der Waals surface area contributed by atoms with Crippen molar-refractivity contribution in [1.82, 2.24) is 9.97 Å². The van der Waals surface area contributed by atoms with Gasteiger partial charge >= 0.3 is 5.69 Å². The number of hydrogen-bond donors (Lipinski definition) is 2. The summed E-state index contributed by atoms with van der Waals surface area (Å²) in [5.74, 6) is 0.480. The van der Waals surface area contributed by atoms with Crippen molar-refractivity contribution in [2.75, 3.05) is 51.2 Å². The molecule has 1 heterocycles. The number of hydrogen-bond acceptors (Lipinski definition) is 8. The van der Waals surface area contributed by atoms with E-state index < -0.39 is 4.92 Å². The second kappa shape index (κ2) is 8.16. The maximum absolute atomic E-state index is 10.8. The number of nitro groups is 1. The lowest BCUT2D eigenvalue weighted by atomic mass is 10.4. The Labute approximate surface area is 110 Å². The first-order chi connectivity index (χ1) is 9.19. The van der Waals surface area contributed by atoms with Crippen LogP contribution in [0.5, 0.6) is 0 Å². The smallest absolute Gasteiger partial charge is 0.329 e. The lowest BCUT2D eigenvalue weighted by Crippen LogP contribution is -2.14. The topological polar surface area (TPSA) is 111 Å². The first-order valence-electron chi connectivity index (χ1n) is 5.68. The van der Waals surface area contributed by atoms with Crippen LogP contribution in [0.3, 0.4) is 0 Å². The van der Waals surface area contributed by atoms with E-state index in [0.29, 0.717) is 32.3 Å². The Kier molecular flexibility index (Phi) is 6.47. The molecule has 0 fully saturated rings. The van der Waals surface area contributed by atoms with E-state index in [-0.39, 0.29) is 11.5 Å². The summed E-state index contributed by atoms with van der Waals surface area (Å²) in [4.78, 5) is 18.1. The zero-order valence-corrected chi connectivity index (χ0v) is 10.9.